The van der Waals surface area contributed by atoms with Crippen LogP contribution in [0.25, 0.3) is 0 Å². The number of Topliss-reactive ketones (excluding diaryl/α,β-unsaturated/α-hetero) is 1. The largest absolute Gasteiger partial charge is 0.390 e. The third-order valence-electron chi connectivity index (χ3n) is 10.1. The Morgan fingerprint density at radius 3 is 2.56 bits per heavy atom. The summed E-state index contributed by atoms with van der Waals surface area (Å²) in [5.74, 6) is 3.76. The molecule has 0 spiro atoms. The lowest BCUT2D eigenvalue weighted by Crippen LogP contribution is -2.52. The summed E-state index contributed by atoms with van der Waals surface area (Å²) >= 11 is 0. The quantitative estimate of drug-likeness (QED) is 0.474. The number of allylic oxidation sites excluding steroid dienone is 1. The third-order valence-corrected chi connectivity index (χ3v) is 10.1. The predicted octanol–water partition coefficient (Wildman–Crippen LogP) is 6.73. The summed E-state index contributed by atoms with van der Waals surface area (Å²) in [6.45, 7) is 13.9. The minimum Gasteiger partial charge on any atom is -0.390 e. The highest BCUT2D eigenvalue weighted by Crippen LogP contribution is 2.66. The molecule has 7 atom stereocenters. The van der Waals surface area contributed by atoms with E-state index in [1.54, 1.807) is 0 Å². The fourth-order valence-electron chi connectivity index (χ4n) is 8.36. The van der Waals surface area contributed by atoms with Crippen molar-refractivity contribution in [2.24, 2.45) is 40.4 Å². The maximum atomic E-state index is 13.4. The van der Waals surface area contributed by atoms with Gasteiger partial charge in [0, 0.05) is 12.2 Å². The van der Waals surface area contributed by atoms with Gasteiger partial charge in [0.15, 0.2) is 5.78 Å². The van der Waals surface area contributed by atoms with Gasteiger partial charge in [-0.2, -0.15) is 0 Å². The maximum absolute atomic E-state index is 13.4. The Kier molecular flexibility index (Phi) is 6.75. The zero-order valence-corrected chi connectivity index (χ0v) is 21.6. The van der Waals surface area contributed by atoms with Crippen LogP contribution < -0.4 is 0 Å². The summed E-state index contributed by atoms with van der Waals surface area (Å²) < 4.78 is 6.04. The SMILES string of the molecule is CC(C)COC1CCC2(C)C(=CCC3C2CCC2(C)C(CCCC(C)(C)O)CCC32)C1=O. The van der Waals surface area contributed by atoms with Gasteiger partial charge in [-0.25, -0.2) is 0 Å². The molecule has 7 unspecified atom stereocenters. The zero-order valence-electron chi connectivity index (χ0n) is 21.6. The molecule has 3 fully saturated rings. The molecule has 4 rings (SSSR count). The minimum absolute atomic E-state index is 0.0536. The Morgan fingerprint density at radius 2 is 1.88 bits per heavy atom. The number of hydrogen-bond donors (Lipinski definition) is 1. The van der Waals surface area contributed by atoms with Crippen molar-refractivity contribution in [3.63, 3.8) is 0 Å². The number of fused-ring (bicyclic) bond motifs is 5. The molecule has 0 heterocycles. The minimum atomic E-state index is -0.542. The van der Waals surface area contributed by atoms with E-state index in [1.807, 2.05) is 13.8 Å². The highest BCUT2D eigenvalue weighted by molar-refractivity contribution is 6.01. The molecule has 0 aromatic carbocycles. The fourth-order valence-corrected chi connectivity index (χ4v) is 8.36. The van der Waals surface area contributed by atoms with E-state index >= 15 is 0 Å². The molecule has 1 N–H and O–H groups in total. The summed E-state index contributed by atoms with van der Waals surface area (Å²) in [6.07, 6.45) is 13.8. The Labute approximate surface area is 196 Å². The van der Waals surface area contributed by atoms with Gasteiger partial charge < -0.3 is 9.84 Å². The monoisotopic (exact) mass is 444 g/mol. The van der Waals surface area contributed by atoms with Gasteiger partial charge in [0.2, 0.25) is 0 Å². The molecule has 0 bridgehead atoms. The van der Waals surface area contributed by atoms with Crippen molar-refractivity contribution in [2.75, 3.05) is 6.61 Å². The van der Waals surface area contributed by atoms with Crippen LogP contribution in [0.3, 0.4) is 0 Å². The average molecular weight is 445 g/mol. The van der Waals surface area contributed by atoms with E-state index in [9.17, 15) is 9.90 Å². The highest BCUT2D eigenvalue weighted by atomic mass is 16.5. The van der Waals surface area contributed by atoms with Crippen LogP contribution in [0.4, 0.5) is 0 Å². The van der Waals surface area contributed by atoms with Gasteiger partial charge in [-0.3, -0.25) is 4.79 Å². The van der Waals surface area contributed by atoms with Crippen molar-refractivity contribution in [1.29, 1.82) is 0 Å². The fraction of sp³-hybridized carbons (Fsp3) is 0.897. The molecule has 0 amide bonds. The Hall–Kier alpha value is -0.670. The number of ether oxygens (including phenoxy) is 1. The summed E-state index contributed by atoms with van der Waals surface area (Å²) in [7, 11) is 0. The van der Waals surface area contributed by atoms with Gasteiger partial charge in [0.05, 0.1) is 5.60 Å². The number of ketones is 1. The number of rotatable bonds is 7. The first kappa shape index (κ1) is 24.5. The summed E-state index contributed by atoms with van der Waals surface area (Å²) in [5, 5.41) is 10.1. The maximum Gasteiger partial charge on any atom is 0.187 e. The molecule has 0 radical (unpaired) electrons. The van der Waals surface area contributed by atoms with Crippen LogP contribution in [0.2, 0.25) is 0 Å². The van der Waals surface area contributed by atoms with Crippen LogP contribution in [-0.2, 0) is 9.53 Å². The second kappa shape index (κ2) is 8.84. The van der Waals surface area contributed by atoms with Crippen LogP contribution >= 0.6 is 0 Å². The Bertz CT molecular complexity index is 731. The molecule has 3 heteroatoms. The van der Waals surface area contributed by atoms with Crippen molar-refractivity contribution in [1.82, 2.24) is 0 Å². The van der Waals surface area contributed by atoms with Crippen LogP contribution in [0.5, 0.6) is 0 Å². The van der Waals surface area contributed by atoms with Crippen LogP contribution in [0, 0.1) is 40.4 Å². The lowest BCUT2D eigenvalue weighted by atomic mass is 9.47. The smallest absolute Gasteiger partial charge is 0.187 e. The summed E-state index contributed by atoms with van der Waals surface area (Å²) in [5.41, 5.74) is 1.07. The normalized spacial score (nSPS) is 41.8. The van der Waals surface area contributed by atoms with Gasteiger partial charge in [-0.05, 0) is 112 Å². The summed E-state index contributed by atoms with van der Waals surface area (Å²) in [4.78, 5) is 13.4. The van der Waals surface area contributed by atoms with Crippen LogP contribution in [0.15, 0.2) is 11.6 Å². The lowest BCUT2D eigenvalue weighted by Gasteiger charge is -2.57. The molecule has 3 saturated carbocycles. The third kappa shape index (κ3) is 4.38. The number of carbonyl (C=O) groups is 1. The van der Waals surface area contributed by atoms with Crippen molar-refractivity contribution in [3.8, 4) is 0 Å². The predicted molar refractivity (Wildman–Crippen MR) is 130 cm³/mol. The zero-order chi connectivity index (χ0) is 23.3. The molecular formula is C29H48O3. The van der Waals surface area contributed by atoms with E-state index in [4.69, 9.17) is 4.74 Å². The number of hydrogen-bond acceptors (Lipinski definition) is 3. The Balaban J connectivity index is 1.47. The van der Waals surface area contributed by atoms with Gasteiger partial charge in [-0.1, -0.05) is 40.2 Å². The molecule has 4 aliphatic carbocycles. The van der Waals surface area contributed by atoms with Gasteiger partial charge >= 0.3 is 0 Å². The molecule has 3 nitrogen and oxygen atoms in total. The standard InChI is InChI=1S/C29H48O3/c1-19(2)18-32-25-14-17-29(6)23-13-16-28(5)20(8-7-15-27(3,4)31)9-11-22(28)21(23)10-12-24(29)26(25)30/h12,19-23,25,31H,7-11,13-18H2,1-6H3. The molecule has 32 heavy (non-hydrogen) atoms. The van der Waals surface area contributed by atoms with Crippen LogP contribution in [0.1, 0.15) is 106 Å². The van der Waals surface area contributed by atoms with Crippen molar-refractivity contribution < 1.29 is 14.6 Å². The first-order chi connectivity index (χ1) is 15.0. The van der Waals surface area contributed by atoms with Crippen LogP contribution in [-0.4, -0.2) is 29.2 Å². The van der Waals surface area contributed by atoms with E-state index in [-0.39, 0.29) is 11.5 Å². The van der Waals surface area contributed by atoms with E-state index in [0.717, 1.165) is 55.4 Å². The van der Waals surface area contributed by atoms with Gasteiger partial charge in [-0.15, -0.1) is 0 Å². The molecule has 0 aromatic rings. The first-order valence-electron chi connectivity index (χ1n) is 13.5. The van der Waals surface area contributed by atoms with Gasteiger partial charge in [0.1, 0.15) is 6.10 Å². The Morgan fingerprint density at radius 1 is 1.12 bits per heavy atom. The highest BCUT2D eigenvalue weighted by Gasteiger charge is 2.59. The van der Waals surface area contributed by atoms with Crippen molar-refractivity contribution in [3.05, 3.63) is 11.6 Å². The molecule has 0 aliphatic heterocycles. The molecule has 0 aromatic heterocycles. The van der Waals surface area contributed by atoms with Crippen molar-refractivity contribution in [2.45, 2.75) is 117 Å². The second-order valence-corrected chi connectivity index (χ2v) is 13.3. The first-order valence-corrected chi connectivity index (χ1v) is 13.5. The molecule has 0 saturated heterocycles. The molecule has 4 aliphatic rings. The van der Waals surface area contributed by atoms with E-state index in [0.29, 0.717) is 29.6 Å². The van der Waals surface area contributed by atoms with E-state index < -0.39 is 5.60 Å². The van der Waals surface area contributed by atoms with E-state index in [1.165, 1.54) is 32.1 Å². The number of aliphatic hydroxyl groups is 1. The van der Waals surface area contributed by atoms with Gasteiger partial charge in [0.25, 0.3) is 0 Å². The molecular weight excluding hydrogens is 396 g/mol. The summed E-state index contributed by atoms with van der Waals surface area (Å²) in [6, 6.07) is 0. The number of carbonyl (C=O) groups excluding carboxylic acids is 1. The van der Waals surface area contributed by atoms with E-state index in [2.05, 4.69) is 33.8 Å². The lowest BCUT2D eigenvalue weighted by molar-refractivity contribution is -0.136. The topological polar surface area (TPSA) is 46.5 Å². The van der Waals surface area contributed by atoms with Crippen molar-refractivity contribution >= 4 is 5.78 Å². The average Bonchev–Trinajstić information content (AvgIpc) is 3.03. The second-order valence-electron chi connectivity index (χ2n) is 13.3. The molecule has 182 valence electrons.